The molecule has 3 heteroatoms. The van der Waals surface area contributed by atoms with E-state index < -0.39 is 6.09 Å². The Morgan fingerprint density at radius 2 is 1.93 bits per heavy atom. The normalized spacial score (nSPS) is 10.1. The van der Waals surface area contributed by atoms with E-state index in [1.807, 2.05) is 24.3 Å². The largest absolute Gasteiger partial charge is 0.412 e. The maximum Gasteiger partial charge on any atom is 0.412 e. The molecule has 0 saturated heterocycles. The van der Waals surface area contributed by atoms with Gasteiger partial charge in [0.1, 0.15) is 5.75 Å². The van der Waals surface area contributed by atoms with Gasteiger partial charge in [-0.05, 0) is 30.0 Å². The molecule has 1 aromatic carbocycles. The van der Waals surface area contributed by atoms with E-state index in [2.05, 4.69) is 19.2 Å². The minimum atomic E-state index is -0.438. The van der Waals surface area contributed by atoms with Crippen LogP contribution in [0.2, 0.25) is 0 Å². The monoisotopic (exact) mass is 207 g/mol. The van der Waals surface area contributed by atoms with Gasteiger partial charge in [-0.25, -0.2) is 4.79 Å². The number of hydrogen-bond donors (Lipinski definition) is 1. The van der Waals surface area contributed by atoms with Crippen molar-refractivity contribution in [3.05, 3.63) is 29.8 Å². The number of benzene rings is 1. The van der Waals surface area contributed by atoms with Crippen molar-refractivity contribution in [1.82, 2.24) is 5.32 Å². The van der Waals surface area contributed by atoms with Gasteiger partial charge in [0.2, 0.25) is 0 Å². The molecule has 1 N–H and O–H groups in total. The van der Waals surface area contributed by atoms with Gasteiger partial charge in [0.05, 0.1) is 0 Å². The summed E-state index contributed by atoms with van der Waals surface area (Å²) in [5.41, 5.74) is 1.26. The summed E-state index contributed by atoms with van der Waals surface area (Å²) in [5, 5.41) is 2.40. The molecule has 0 saturated carbocycles. The lowest BCUT2D eigenvalue weighted by Gasteiger charge is -2.06. The third-order valence-electron chi connectivity index (χ3n) is 1.98. The second-order valence-corrected chi connectivity index (χ2v) is 3.88. The lowest BCUT2D eigenvalue weighted by molar-refractivity contribution is 0.203. The van der Waals surface area contributed by atoms with Crippen molar-refractivity contribution in [1.29, 1.82) is 0 Å². The van der Waals surface area contributed by atoms with Crippen molar-refractivity contribution >= 4 is 6.09 Å². The summed E-state index contributed by atoms with van der Waals surface area (Å²) in [7, 11) is 1.54. The minimum absolute atomic E-state index is 0.438. The number of hydrogen-bond acceptors (Lipinski definition) is 2. The fourth-order valence-corrected chi connectivity index (χ4v) is 1.32. The van der Waals surface area contributed by atoms with Gasteiger partial charge in [0.15, 0.2) is 0 Å². The van der Waals surface area contributed by atoms with Crippen molar-refractivity contribution in [2.75, 3.05) is 7.05 Å². The van der Waals surface area contributed by atoms with Gasteiger partial charge in [0, 0.05) is 7.05 Å². The van der Waals surface area contributed by atoms with Crippen molar-refractivity contribution in [2.24, 2.45) is 5.92 Å². The summed E-state index contributed by atoms with van der Waals surface area (Å²) in [4.78, 5) is 10.9. The van der Waals surface area contributed by atoms with E-state index in [1.165, 1.54) is 12.6 Å². The van der Waals surface area contributed by atoms with E-state index in [0.717, 1.165) is 6.42 Å². The Hall–Kier alpha value is -1.51. The Balaban J connectivity index is 2.60. The van der Waals surface area contributed by atoms with Crippen LogP contribution in [0.3, 0.4) is 0 Å². The number of amides is 1. The average molecular weight is 207 g/mol. The predicted octanol–water partition coefficient (Wildman–Crippen LogP) is 2.60. The molecular formula is C12H17NO2. The molecule has 0 aliphatic rings. The van der Waals surface area contributed by atoms with Gasteiger partial charge in [-0.2, -0.15) is 0 Å². The van der Waals surface area contributed by atoms with Crippen LogP contribution in [0.5, 0.6) is 5.75 Å². The van der Waals surface area contributed by atoms with E-state index >= 15 is 0 Å². The molecule has 1 aromatic rings. The summed E-state index contributed by atoms with van der Waals surface area (Å²) in [6.07, 6.45) is 0.604. The molecule has 0 unspecified atom stereocenters. The molecule has 0 radical (unpaired) electrons. The van der Waals surface area contributed by atoms with Crippen molar-refractivity contribution < 1.29 is 9.53 Å². The van der Waals surface area contributed by atoms with E-state index in [-0.39, 0.29) is 0 Å². The van der Waals surface area contributed by atoms with Crippen LogP contribution >= 0.6 is 0 Å². The summed E-state index contributed by atoms with van der Waals surface area (Å²) in [6.45, 7) is 4.35. The predicted molar refractivity (Wildman–Crippen MR) is 60.1 cm³/mol. The fourth-order valence-electron chi connectivity index (χ4n) is 1.32. The van der Waals surface area contributed by atoms with Crippen LogP contribution in [0.15, 0.2) is 24.3 Å². The Morgan fingerprint density at radius 3 is 2.40 bits per heavy atom. The average Bonchev–Trinajstić information content (AvgIpc) is 2.20. The van der Waals surface area contributed by atoms with Crippen LogP contribution < -0.4 is 10.1 Å². The third-order valence-corrected chi connectivity index (χ3v) is 1.98. The third kappa shape index (κ3) is 4.02. The molecule has 0 aromatic heterocycles. The maximum absolute atomic E-state index is 10.9. The Kier molecular flexibility index (Phi) is 4.16. The highest BCUT2D eigenvalue weighted by Gasteiger charge is 2.02. The van der Waals surface area contributed by atoms with Gasteiger partial charge in [-0.15, -0.1) is 0 Å². The fraction of sp³-hybridized carbons (Fsp3) is 0.417. The first-order valence-electron chi connectivity index (χ1n) is 5.10. The number of carbonyl (C=O) groups is 1. The molecule has 0 heterocycles. The second kappa shape index (κ2) is 5.39. The first-order valence-corrected chi connectivity index (χ1v) is 5.10. The van der Waals surface area contributed by atoms with Gasteiger partial charge in [-0.3, -0.25) is 0 Å². The van der Waals surface area contributed by atoms with Gasteiger partial charge >= 0.3 is 6.09 Å². The lowest BCUT2D eigenvalue weighted by atomic mass is 10.0. The van der Waals surface area contributed by atoms with E-state index in [9.17, 15) is 4.79 Å². The zero-order chi connectivity index (χ0) is 11.3. The smallest absolute Gasteiger partial charge is 0.410 e. The maximum atomic E-state index is 10.9. The van der Waals surface area contributed by atoms with Gasteiger partial charge < -0.3 is 10.1 Å². The topological polar surface area (TPSA) is 38.3 Å². The number of nitrogens with one attached hydrogen (secondary N) is 1. The molecule has 0 bridgehead atoms. The standard InChI is InChI=1S/C12H17NO2/c1-9(2)8-10-4-6-11(7-5-10)15-12(14)13-3/h4-7,9H,8H2,1-3H3,(H,13,14). The molecule has 0 spiro atoms. The zero-order valence-corrected chi connectivity index (χ0v) is 9.41. The molecule has 0 aliphatic heterocycles. The van der Waals surface area contributed by atoms with Gasteiger partial charge in [0.25, 0.3) is 0 Å². The molecule has 15 heavy (non-hydrogen) atoms. The minimum Gasteiger partial charge on any atom is -0.410 e. The van der Waals surface area contributed by atoms with E-state index in [0.29, 0.717) is 11.7 Å². The second-order valence-electron chi connectivity index (χ2n) is 3.88. The van der Waals surface area contributed by atoms with Crippen LogP contribution in [0.1, 0.15) is 19.4 Å². The van der Waals surface area contributed by atoms with Crippen LogP contribution in [0.4, 0.5) is 4.79 Å². The first kappa shape index (κ1) is 11.6. The highest BCUT2D eigenvalue weighted by atomic mass is 16.5. The number of carbonyl (C=O) groups excluding carboxylic acids is 1. The highest BCUT2D eigenvalue weighted by molar-refractivity contribution is 5.69. The van der Waals surface area contributed by atoms with E-state index in [4.69, 9.17) is 4.74 Å². The molecule has 82 valence electrons. The molecular weight excluding hydrogens is 190 g/mol. The van der Waals surface area contributed by atoms with Crippen LogP contribution in [-0.2, 0) is 6.42 Å². The quantitative estimate of drug-likeness (QED) is 0.827. The highest BCUT2D eigenvalue weighted by Crippen LogP contribution is 2.14. The van der Waals surface area contributed by atoms with Crippen LogP contribution in [-0.4, -0.2) is 13.1 Å². The molecule has 0 fully saturated rings. The molecule has 1 rings (SSSR count). The van der Waals surface area contributed by atoms with Gasteiger partial charge in [-0.1, -0.05) is 26.0 Å². The zero-order valence-electron chi connectivity index (χ0n) is 9.41. The SMILES string of the molecule is CNC(=O)Oc1ccc(CC(C)C)cc1. The lowest BCUT2D eigenvalue weighted by Crippen LogP contribution is -2.21. The van der Waals surface area contributed by atoms with Crippen LogP contribution in [0, 0.1) is 5.92 Å². The Bertz CT molecular complexity index is 317. The summed E-state index contributed by atoms with van der Waals surface area (Å²) in [6, 6.07) is 7.59. The van der Waals surface area contributed by atoms with Crippen molar-refractivity contribution in [3.8, 4) is 5.75 Å². The summed E-state index contributed by atoms with van der Waals surface area (Å²) in [5.74, 6) is 1.21. The van der Waals surface area contributed by atoms with E-state index in [1.54, 1.807) is 0 Å². The molecule has 1 amide bonds. The Morgan fingerprint density at radius 1 is 1.33 bits per heavy atom. The number of rotatable bonds is 3. The summed E-state index contributed by atoms with van der Waals surface area (Å²) >= 11 is 0. The van der Waals surface area contributed by atoms with Crippen LogP contribution in [0.25, 0.3) is 0 Å². The molecule has 3 nitrogen and oxygen atoms in total. The van der Waals surface area contributed by atoms with Crippen molar-refractivity contribution in [2.45, 2.75) is 20.3 Å². The molecule has 0 aliphatic carbocycles. The summed E-state index contributed by atoms with van der Waals surface area (Å²) < 4.78 is 4.97. The Labute approximate surface area is 90.4 Å². The molecule has 0 atom stereocenters. The van der Waals surface area contributed by atoms with Crippen molar-refractivity contribution in [3.63, 3.8) is 0 Å². The first-order chi connectivity index (χ1) is 7.11. The number of ether oxygens (including phenoxy) is 1.